The maximum absolute atomic E-state index is 11.6. The van der Waals surface area contributed by atoms with Gasteiger partial charge in [-0.2, -0.15) is 0 Å². The molecule has 1 aromatic carbocycles. The van der Waals surface area contributed by atoms with E-state index in [0.717, 1.165) is 0 Å². The Morgan fingerprint density at radius 2 is 1.94 bits per heavy atom. The number of carbonyl (C=O) groups is 1. The third-order valence-electron chi connectivity index (χ3n) is 2.26. The molecule has 0 heterocycles. The summed E-state index contributed by atoms with van der Waals surface area (Å²) in [4.78, 5) is 11.6. The van der Waals surface area contributed by atoms with Gasteiger partial charge in [0.05, 0.1) is 5.94 Å². The molecule has 5 nitrogen and oxygen atoms in total. The normalized spacial score (nSPS) is 14.0. The lowest BCUT2D eigenvalue weighted by molar-refractivity contribution is -0.122. The number of nitrogens with two attached hydrogens (primary N) is 1. The number of benzene rings is 1. The number of hydrogen-bond donors (Lipinski definition) is 4. The smallest absolute Gasteiger partial charge is 0.426 e. The standard InChI is InChI=1S/C10H15BN2O3/c1-7(11(15)16)13-10(14)9(12)8-5-3-2-4-6-8/h2-7,9,15-16H,12H2,1H3,(H,13,14)/t7-,9?/m0/s1. The molecule has 0 aromatic heterocycles. The quantitative estimate of drug-likeness (QED) is 0.501. The highest BCUT2D eigenvalue weighted by atomic mass is 16.4. The summed E-state index contributed by atoms with van der Waals surface area (Å²) in [7, 11) is -1.59. The van der Waals surface area contributed by atoms with Crippen LogP contribution in [-0.4, -0.2) is 29.0 Å². The van der Waals surface area contributed by atoms with Crippen LogP contribution in [-0.2, 0) is 4.79 Å². The Morgan fingerprint density at radius 3 is 2.44 bits per heavy atom. The first-order valence-corrected chi connectivity index (χ1v) is 4.99. The highest BCUT2D eigenvalue weighted by molar-refractivity contribution is 6.43. The Hall–Kier alpha value is -1.37. The van der Waals surface area contributed by atoms with Crippen molar-refractivity contribution in [2.24, 2.45) is 5.73 Å². The third kappa shape index (κ3) is 3.34. The van der Waals surface area contributed by atoms with Crippen molar-refractivity contribution in [2.45, 2.75) is 18.9 Å². The molecule has 0 aliphatic carbocycles. The molecule has 0 spiro atoms. The summed E-state index contributed by atoms with van der Waals surface area (Å²) in [6.07, 6.45) is 0. The lowest BCUT2D eigenvalue weighted by Gasteiger charge is -2.16. The van der Waals surface area contributed by atoms with Gasteiger partial charge in [-0.05, 0) is 12.5 Å². The lowest BCUT2D eigenvalue weighted by Crippen LogP contribution is -2.47. The zero-order chi connectivity index (χ0) is 12.1. The molecule has 0 aliphatic rings. The van der Waals surface area contributed by atoms with Crippen LogP contribution in [0.15, 0.2) is 30.3 Å². The second kappa shape index (κ2) is 5.65. The average Bonchev–Trinajstić information content (AvgIpc) is 2.28. The van der Waals surface area contributed by atoms with Gasteiger partial charge in [0.1, 0.15) is 6.04 Å². The molecule has 0 saturated heterocycles. The summed E-state index contributed by atoms with van der Waals surface area (Å²) in [6.45, 7) is 1.49. The molecule has 0 radical (unpaired) electrons. The van der Waals surface area contributed by atoms with E-state index < -0.39 is 25.0 Å². The molecule has 1 unspecified atom stereocenters. The molecule has 6 heteroatoms. The van der Waals surface area contributed by atoms with E-state index in [2.05, 4.69) is 5.32 Å². The predicted molar refractivity (Wildman–Crippen MR) is 61.2 cm³/mol. The molecule has 5 N–H and O–H groups in total. The van der Waals surface area contributed by atoms with Crippen molar-refractivity contribution in [3.63, 3.8) is 0 Å². The maximum atomic E-state index is 11.6. The van der Waals surface area contributed by atoms with Crippen LogP contribution in [0, 0.1) is 0 Å². The molecule has 1 aromatic rings. The number of carbonyl (C=O) groups excluding carboxylic acids is 1. The molecule has 1 rings (SSSR count). The van der Waals surface area contributed by atoms with Crippen LogP contribution in [0.25, 0.3) is 0 Å². The molecular formula is C10H15BN2O3. The molecule has 1 amide bonds. The van der Waals surface area contributed by atoms with Crippen molar-refractivity contribution in [1.29, 1.82) is 0 Å². The summed E-state index contributed by atoms with van der Waals surface area (Å²) in [6, 6.07) is 8.07. The third-order valence-corrected chi connectivity index (χ3v) is 2.26. The topological polar surface area (TPSA) is 95.6 Å². The van der Waals surface area contributed by atoms with E-state index in [1.807, 2.05) is 6.07 Å². The van der Waals surface area contributed by atoms with Crippen LogP contribution in [0.2, 0.25) is 0 Å². The summed E-state index contributed by atoms with van der Waals surface area (Å²) < 4.78 is 0. The largest absolute Gasteiger partial charge is 0.475 e. The summed E-state index contributed by atoms with van der Waals surface area (Å²) in [5.74, 6) is -1.19. The Balaban J connectivity index is 2.62. The highest BCUT2D eigenvalue weighted by Gasteiger charge is 2.23. The fourth-order valence-corrected chi connectivity index (χ4v) is 1.20. The van der Waals surface area contributed by atoms with Gasteiger partial charge in [0.2, 0.25) is 5.91 Å². The number of hydrogen-bond acceptors (Lipinski definition) is 4. The van der Waals surface area contributed by atoms with Crippen LogP contribution < -0.4 is 11.1 Å². The molecule has 0 saturated carbocycles. The van der Waals surface area contributed by atoms with Crippen molar-refractivity contribution >= 4 is 13.0 Å². The van der Waals surface area contributed by atoms with Gasteiger partial charge >= 0.3 is 7.12 Å². The van der Waals surface area contributed by atoms with Gasteiger partial charge in [0.25, 0.3) is 0 Å². The van der Waals surface area contributed by atoms with Gasteiger partial charge in [0.15, 0.2) is 0 Å². The van der Waals surface area contributed by atoms with Crippen molar-refractivity contribution < 1.29 is 14.8 Å². The second-order valence-electron chi connectivity index (χ2n) is 3.60. The van der Waals surface area contributed by atoms with Crippen molar-refractivity contribution in [3.05, 3.63) is 35.9 Å². The van der Waals surface area contributed by atoms with Gasteiger partial charge in [-0.25, -0.2) is 0 Å². The fraction of sp³-hybridized carbons (Fsp3) is 0.300. The number of amides is 1. The molecule has 0 fully saturated rings. The summed E-state index contributed by atoms with van der Waals surface area (Å²) >= 11 is 0. The van der Waals surface area contributed by atoms with E-state index in [-0.39, 0.29) is 0 Å². The molecule has 0 aliphatic heterocycles. The van der Waals surface area contributed by atoms with Gasteiger partial charge in [0, 0.05) is 0 Å². The van der Waals surface area contributed by atoms with Crippen molar-refractivity contribution in [3.8, 4) is 0 Å². The Kier molecular flexibility index (Phi) is 4.48. The zero-order valence-electron chi connectivity index (χ0n) is 9.00. The van der Waals surface area contributed by atoms with E-state index in [4.69, 9.17) is 15.8 Å². The van der Waals surface area contributed by atoms with E-state index in [1.165, 1.54) is 6.92 Å². The van der Waals surface area contributed by atoms with Crippen LogP contribution in [0.3, 0.4) is 0 Å². The van der Waals surface area contributed by atoms with Crippen LogP contribution >= 0.6 is 0 Å². The lowest BCUT2D eigenvalue weighted by atomic mass is 9.81. The molecule has 0 bridgehead atoms. The average molecular weight is 222 g/mol. The fourth-order valence-electron chi connectivity index (χ4n) is 1.20. The first kappa shape index (κ1) is 12.7. The second-order valence-corrected chi connectivity index (χ2v) is 3.60. The SMILES string of the molecule is C[C@H](NC(=O)C(N)c1ccccc1)B(O)O. The van der Waals surface area contributed by atoms with Gasteiger partial charge in [-0.3, -0.25) is 4.79 Å². The minimum absolute atomic E-state index is 0.438. The minimum atomic E-state index is -1.59. The maximum Gasteiger partial charge on any atom is 0.475 e. The van der Waals surface area contributed by atoms with Crippen LogP contribution in [0.5, 0.6) is 0 Å². The van der Waals surface area contributed by atoms with E-state index in [9.17, 15) is 4.79 Å². The van der Waals surface area contributed by atoms with Crippen molar-refractivity contribution in [2.75, 3.05) is 0 Å². The first-order valence-electron chi connectivity index (χ1n) is 4.99. The molecule has 2 atom stereocenters. The van der Waals surface area contributed by atoms with E-state index in [1.54, 1.807) is 24.3 Å². The van der Waals surface area contributed by atoms with E-state index in [0.29, 0.717) is 5.56 Å². The minimum Gasteiger partial charge on any atom is -0.426 e. The Labute approximate surface area is 94.4 Å². The van der Waals surface area contributed by atoms with E-state index >= 15 is 0 Å². The van der Waals surface area contributed by atoms with Gasteiger partial charge < -0.3 is 21.1 Å². The molecular weight excluding hydrogens is 207 g/mol. The highest BCUT2D eigenvalue weighted by Crippen LogP contribution is 2.09. The van der Waals surface area contributed by atoms with Crippen LogP contribution in [0.4, 0.5) is 0 Å². The number of rotatable bonds is 4. The van der Waals surface area contributed by atoms with Crippen LogP contribution in [0.1, 0.15) is 18.5 Å². The predicted octanol–water partition coefficient (Wildman–Crippen LogP) is -0.797. The molecule has 16 heavy (non-hydrogen) atoms. The monoisotopic (exact) mass is 222 g/mol. The van der Waals surface area contributed by atoms with Gasteiger partial charge in [-0.15, -0.1) is 0 Å². The van der Waals surface area contributed by atoms with Crippen molar-refractivity contribution in [1.82, 2.24) is 5.32 Å². The first-order chi connectivity index (χ1) is 7.52. The summed E-state index contributed by atoms with van der Waals surface area (Å²) in [5, 5.41) is 20.1. The Morgan fingerprint density at radius 1 is 1.38 bits per heavy atom. The van der Waals surface area contributed by atoms with Gasteiger partial charge in [-0.1, -0.05) is 30.3 Å². The molecule has 86 valence electrons. The Bertz CT molecular complexity index is 345. The zero-order valence-corrected chi connectivity index (χ0v) is 9.00. The summed E-state index contributed by atoms with van der Waals surface area (Å²) in [5.41, 5.74) is 6.39. The number of nitrogens with one attached hydrogen (secondary N) is 1.